The van der Waals surface area contributed by atoms with E-state index in [9.17, 15) is 9.59 Å². The molecule has 6 nitrogen and oxygen atoms in total. The Hall–Kier alpha value is -1.95. The third-order valence-electron chi connectivity index (χ3n) is 1.62. The van der Waals surface area contributed by atoms with Gasteiger partial charge in [-0.1, -0.05) is 0 Å². The van der Waals surface area contributed by atoms with Crippen LogP contribution in [0.2, 0.25) is 0 Å². The van der Waals surface area contributed by atoms with Crippen LogP contribution < -0.4 is 5.73 Å². The van der Waals surface area contributed by atoms with Crippen LogP contribution in [0.25, 0.3) is 0 Å². The fourth-order valence-electron chi connectivity index (χ4n) is 0.842. The second kappa shape index (κ2) is 3.84. The number of hydrogen-bond donors (Lipinski definition) is 3. The number of rotatable bonds is 3. The number of pyridine rings is 1. The highest BCUT2D eigenvalue weighted by molar-refractivity contribution is 5.87. The number of carboxylic acids is 2. The molecule has 0 aliphatic carbocycles. The summed E-state index contributed by atoms with van der Waals surface area (Å²) in [5.41, 5.74) is 5.37. The SMILES string of the molecule is NC(C(=O)O)c1ccc(C(=O)O)cn1. The Bertz CT molecular complexity index is 360. The smallest absolute Gasteiger partial charge is 0.337 e. The van der Waals surface area contributed by atoms with Crippen molar-refractivity contribution >= 4 is 11.9 Å². The molecule has 0 fully saturated rings. The summed E-state index contributed by atoms with van der Waals surface area (Å²) in [6.07, 6.45) is 1.07. The molecule has 0 aromatic carbocycles. The third kappa shape index (κ3) is 2.05. The van der Waals surface area contributed by atoms with Crippen LogP contribution in [0.4, 0.5) is 0 Å². The predicted molar refractivity (Wildman–Crippen MR) is 45.8 cm³/mol. The minimum absolute atomic E-state index is 0.00802. The molecule has 0 saturated carbocycles. The van der Waals surface area contributed by atoms with E-state index in [0.29, 0.717) is 0 Å². The Morgan fingerprint density at radius 2 is 2.00 bits per heavy atom. The highest BCUT2D eigenvalue weighted by Crippen LogP contribution is 2.07. The molecule has 0 spiro atoms. The number of carbonyl (C=O) groups is 2. The van der Waals surface area contributed by atoms with Crippen LogP contribution in [0.15, 0.2) is 18.3 Å². The molecule has 1 aromatic heterocycles. The molecule has 74 valence electrons. The van der Waals surface area contributed by atoms with E-state index < -0.39 is 18.0 Å². The van der Waals surface area contributed by atoms with Crippen molar-refractivity contribution in [2.75, 3.05) is 0 Å². The molecule has 14 heavy (non-hydrogen) atoms. The van der Waals surface area contributed by atoms with Gasteiger partial charge < -0.3 is 15.9 Å². The van der Waals surface area contributed by atoms with Gasteiger partial charge in [-0.2, -0.15) is 0 Å². The fourth-order valence-corrected chi connectivity index (χ4v) is 0.842. The molecule has 1 aromatic rings. The van der Waals surface area contributed by atoms with Crippen molar-refractivity contribution in [3.63, 3.8) is 0 Å². The van der Waals surface area contributed by atoms with Crippen molar-refractivity contribution in [1.82, 2.24) is 4.98 Å². The van der Waals surface area contributed by atoms with Crippen molar-refractivity contribution in [3.8, 4) is 0 Å². The molecule has 4 N–H and O–H groups in total. The quantitative estimate of drug-likeness (QED) is 0.620. The van der Waals surface area contributed by atoms with Gasteiger partial charge >= 0.3 is 11.9 Å². The highest BCUT2D eigenvalue weighted by atomic mass is 16.4. The second-order valence-electron chi connectivity index (χ2n) is 2.59. The van der Waals surface area contributed by atoms with Gasteiger partial charge in [-0.25, -0.2) is 4.79 Å². The zero-order chi connectivity index (χ0) is 10.7. The Morgan fingerprint density at radius 3 is 2.36 bits per heavy atom. The molecule has 6 heteroatoms. The molecule has 0 aliphatic heterocycles. The van der Waals surface area contributed by atoms with Crippen molar-refractivity contribution < 1.29 is 19.8 Å². The van der Waals surface area contributed by atoms with Gasteiger partial charge in [0.1, 0.15) is 6.04 Å². The molecule has 1 unspecified atom stereocenters. The summed E-state index contributed by atoms with van der Waals surface area (Å²) in [7, 11) is 0. The second-order valence-corrected chi connectivity index (χ2v) is 2.59. The van der Waals surface area contributed by atoms with Crippen LogP contribution in [0, 0.1) is 0 Å². The maximum absolute atomic E-state index is 10.4. The first kappa shape index (κ1) is 10.1. The first-order valence-electron chi connectivity index (χ1n) is 3.70. The molecule has 1 atom stereocenters. The van der Waals surface area contributed by atoms with Gasteiger partial charge in [-0.15, -0.1) is 0 Å². The van der Waals surface area contributed by atoms with Gasteiger partial charge in [0.25, 0.3) is 0 Å². The van der Waals surface area contributed by atoms with Gasteiger partial charge in [-0.3, -0.25) is 9.78 Å². The van der Waals surface area contributed by atoms with Crippen LogP contribution in [0.1, 0.15) is 22.1 Å². The van der Waals surface area contributed by atoms with E-state index in [1.54, 1.807) is 0 Å². The van der Waals surface area contributed by atoms with Gasteiger partial charge in [0.15, 0.2) is 0 Å². The minimum Gasteiger partial charge on any atom is -0.480 e. The highest BCUT2D eigenvalue weighted by Gasteiger charge is 2.15. The van der Waals surface area contributed by atoms with Crippen molar-refractivity contribution in [2.45, 2.75) is 6.04 Å². The monoisotopic (exact) mass is 196 g/mol. The predicted octanol–water partition coefficient (Wildman–Crippen LogP) is -0.136. The average molecular weight is 196 g/mol. The van der Waals surface area contributed by atoms with Gasteiger partial charge in [0.2, 0.25) is 0 Å². The van der Waals surface area contributed by atoms with E-state index in [0.717, 1.165) is 6.20 Å². The molecular weight excluding hydrogens is 188 g/mol. The lowest BCUT2D eigenvalue weighted by Gasteiger charge is -2.04. The Labute approximate surface area is 79.0 Å². The summed E-state index contributed by atoms with van der Waals surface area (Å²) in [5, 5.41) is 17.1. The molecule has 0 amide bonds. The molecule has 1 rings (SSSR count). The number of aromatic carboxylic acids is 1. The number of aromatic nitrogens is 1. The molecule has 1 heterocycles. The molecular formula is C8H8N2O4. The molecule has 0 bridgehead atoms. The average Bonchev–Trinajstić information content (AvgIpc) is 2.16. The number of hydrogen-bond acceptors (Lipinski definition) is 4. The normalized spacial score (nSPS) is 12.1. The van der Waals surface area contributed by atoms with E-state index in [4.69, 9.17) is 15.9 Å². The number of nitrogens with two attached hydrogens (primary N) is 1. The summed E-state index contributed by atoms with van der Waals surface area (Å²) in [6, 6.07) is 1.31. The van der Waals surface area contributed by atoms with Crippen molar-refractivity contribution in [1.29, 1.82) is 0 Å². The lowest BCUT2D eigenvalue weighted by molar-refractivity contribution is -0.138. The van der Waals surface area contributed by atoms with Crippen LogP contribution in [0.5, 0.6) is 0 Å². The fraction of sp³-hybridized carbons (Fsp3) is 0.125. The van der Waals surface area contributed by atoms with Crippen molar-refractivity contribution in [2.24, 2.45) is 5.73 Å². The summed E-state index contributed by atoms with van der Waals surface area (Å²) >= 11 is 0. The topological polar surface area (TPSA) is 114 Å². The number of nitrogens with zero attached hydrogens (tertiary/aromatic N) is 1. The maximum Gasteiger partial charge on any atom is 0.337 e. The first-order chi connectivity index (χ1) is 6.52. The molecule has 0 aliphatic rings. The summed E-state index contributed by atoms with van der Waals surface area (Å²) < 4.78 is 0. The largest absolute Gasteiger partial charge is 0.480 e. The number of aliphatic carboxylic acids is 1. The maximum atomic E-state index is 10.4. The minimum atomic E-state index is -1.22. The van der Waals surface area contributed by atoms with E-state index in [2.05, 4.69) is 4.98 Å². The van der Waals surface area contributed by atoms with Crippen LogP contribution in [-0.4, -0.2) is 27.1 Å². The Kier molecular flexibility index (Phi) is 2.78. The standard InChI is InChI=1S/C8H8N2O4/c9-6(8(13)14)5-2-1-4(3-10-5)7(11)12/h1-3,6H,9H2,(H,11,12)(H,13,14). The summed E-state index contributed by atoms with van der Waals surface area (Å²) in [5.74, 6) is -2.33. The summed E-state index contributed by atoms with van der Waals surface area (Å²) in [4.78, 5) is 24.5. The molecule has 0 radical (unpaired) electrons. The van der Waals surface area contributed by atoms with Gasteiger partial charge in [-0.05, 0) is 12.1 Å². The zero-order valence-electron chi connectivity index (χ0n) is 7.04. The van der Waals surface area contributed by atoms with Crippen molar-refractivity contribution in [3.05, 3.63) is 29.6 Å². The van der Waals surface area contributed by atoms with Crippen LogP contribution in [-0.2, 0) is 4.79 Å². The lowest BCUT2D eigenvalue weighted by atomic mass is 10.2. The first-order valence-corrected chi connectivity index (χ1v) is 3.70. The number of carboxylic acid groups (broad SMARTS) is 2. The van der Waals surface area contributed by atoms with Crippen LogP contribution in [0.3, 0.4) is 0 Å². The third-order valence-corrected chi connectivity index (χ3v) is 1.62. The van der Waals surface area contributed by atoms with E-state index in [1.165, 1.54) is 12.1 Å². The van der Waals surface area contributed by atoms with E-state index >= 15 is 0 Å². The van der Waals surface area contributed by atoms with Gasteiger partial charge in [0, 0.05) is 6.20 Å². The zero-order valence-corrected chi connectivity index (χ0v) is 7.04. The van der Waals surface area contributed by atoms with E-state index in [1.807, 2.05) is 0 Å². The summed E-state index contributed by atoms with van der Waals surface area (Å²) in [6.45, 7) is 0. The lowest BCUT2D eigenvalue weighted by Crippen LogP contribution is -2.21. The Morgan fingerprint density at radius 1 is 1.36 bits per heavy atom. The Balaban J connectivity index is 2.94. The van der Waals surface area contributed by atoms with E-state index in [-0.39, 0.29) is 11.3 Å². The van der Waals surface area contributed by atoms with Gasteiger partial charge in [0.05, 0.1) is 11.3 Å². The van der Waals surface area contributed by atoms with Crippen LogP contribution >= 0.6 is 0 Å². The molecule has 0 saturated heterocycles.